The van der Waals surface area contributed by atoms with Crippen molar-refractivity contribution in [3.8, 4) is 0 Å². The van der Waals surface area contributed by atoms with Crippen LogP contribution in [0.25, 0.3) is 0 Å². The largest absolute Gasteiger partial charge is 0.313 e. The molecule has 0 aliphatic heterocycles. The number of rotatable bonds is 3. The van der Waals surface area contributed by atoms with Gasteiger partial charge < -0.3 is 5.32 Å². The second kappa shape index (κ2) is 6.89. The molecule has 1 atom stereocenters. The zero-order valence-electron chi connectivity index (χ0n) is 13.5. The second-order valence-electron chi connectivity index (χ2n) is 7.42. The van der Waals surface area contributed by atoms with E-state index in [1.807, 2.05) is 19.2 Å². The molecule has 1 aromatic rings. The van der Waals surface area contributed by atoms with Gasteiger partial charge in [0.1, 0.15) is 0 Å². The SMILES string of the molecule is CNC(c1ccc(Cl)c(Cl)c1)C1CCC(C(C)(C)C)CC1. The molecule has 1 aliphatic carbocycles. The highest BCUT2D eigenvalue weighted by Gasteiger charge is 2.33. The molecule has 1 N–H and O–H groups in total. The summed E-state index contributed by atoms with van der Waals surface area (Å²) in [6, 6.07) is 6.40. The smallest absolute Gasteiger partial charge is 0.0595 e. The third kappa shape index (κ3) is 4.15. The second-order valence-corrected chi connectivity index (χ2v) is 8.23. The molecule has 0 saturated heterocycles. The maximum Gasteiger partial charge on any atom is 0.0595 e. The Hall–Kier alpha value is -0.240. The molecule has 0 spiro atoms. The lowest BCUT2D eigenvalue weighted by molar-refractivity contribution is 0.134. The van der Waals surface area contributed by atoms with Gasteiger partial charge in [-0.25, -0.2) is 0 Å². The molecule has 21 heavy (non-hydrogen) atoms. The third-order valence-corrected chi connectivity index (χ3v) is 5.82. The van der Waals surface area contributed by atoms with Gasteiger partial charge in [0.15, 0.2) is 0 Å². The molecule has 0 bridgehead atoms. The van der Waals surface area contributed by atoms with Crippen LogP contribution < -0.4 is 5.32 Å². The highest BCUT2D eigenvalue weighted by atomic mass is 35.5. The number of hydrogen-bond acceptors (Lipinski definition) is 1. The van der Waals surface area contributed by atoms with Crippen LogP contribution in [0.4, 0.5) is 0 Å². The van der Waals surface area contributed by atoms with Crippen LogP contribution >= 0.6 is 23.2 Å². The lowest BCUT2D eigenvalue weighted by Gasteiger charge is -2.39. The summed E-state index contributed by atoms with van der Waals surface area (Å²) in [6.45, 7) is 7.10. The summed E-state index contributed by atoms with van der Waals surface area (Å²) in [5, 5.41) is 4.77. The Bertz CT molecular complexity index is 471. The minimum Gasteiger partial charge on any atom is -0.313 e. The van der Waals surface area contributed by atoms with Gasteiger partial charge in [-0.1, -0.05) is 50.0 Å². The maximum atomic E-state index is 6.18. The van der Waals surface area contributed by atoms with E-state index >= 15 is 0 Å². The normalized spacial score (nSPS) is 24.9. The van der Waals surface area contributed by atoms with Crippen LogP contribution in [0.2, 0.25) is 10.0 Å². The molecule has 3 heteroatoms. The number of benzene rings is 1. The van der Waals surface area contributed by atoms with Crippen molar-refractivity contribution < 1.29 is 0 Å². The Kier molecular flexibility index (Phi) is 5.62. The predicted octanol–water partition coefficient (Wildman–Crippen LogP) is 6.11. The van der Waals surface area contributed by atoms with E-state index in [-0.39, 0.29) is 0 Å². The van der Waals surface area contributed by atoms with E-state index in [1.54, 1.807) is 0 Å². The van der Waals surface area contributed by atoms with Crippen LogP contribution in [0, 0.1) is 17.3 Å². The van der Waals surface area contributed by atoms with Gasteiger partial charge in [-0.3, -0.25) is 0 Å². The first kappa shape index (κ1) is 17.1. The fourth-order valence-electron chi connectivity index (χ4n) is 3.70. The van der Waals surface area contributed by atoms with Crippen LogP contribution in [0.3, 0.4) is 0 Å². The van der Waals surface area contributed by atoms with E-state index in [0.717, 1.165) is 5.92 Å². The standard InChI is InChI=1S/C18H27Cl2N/c1-18(2,3)14-8-5-12(6-9-14)17(21-4)13-7-10-15(19)16(20)11-13/h7,10-12,14,17,21H,5-6,8-9H2,1-4H3. The van der Waals surface area contributed by atoms with E-state index in [9.17, 15) is 0 Å². The van der Waals surface area contributed by atoms with Crippen LogP contribution in [-0.2, 0) is 0 Å². The lowest BCUT2D eigenvalue weighted by Crippen LogP contribution is -2.32. The van der Waals surface area contributed by atoms with E-state index in [0.29, 0.717) is 27.4 Å². The summed E-state index contributed by atoms with van der Waals surface area (Å²) in [5.74, 6) is 1.53. The number of hydrogen-bond donors (Lipinski definition) is 1. The highest BCUT2D eigenvalue weighted by molar-refractivity contribution is 6.42. The third-order valence-electron chi connectivity index (χ3n) is 5.08. The molecular formula is C18H27Cl2N. The molecule has 1 aliphatic rings. The molecule has 1 unspecified atom stereocenters. The first-order chi connectivity index (χ1) is 9.82. The van der Waals surface area contributed by atoms with Crippen LogP contribution in [0.1, 0.15) is 58.1 Å². The van der Waals surface area contributed by atoms with Crippen LogP contribution in [0.15, 0.2) is 18.2 Å². The Morgan fingerprint density at radius 1 is 1.05 bits per heavy atom. The van der Waals surface area contributed by atoms with Crippen molar-refractivity contribution in [3.05, 3.63) is 33.8 Å². The summed E-state index contributed by atoms with van der Waals surface area (Å²) >= 11 is 12.2. The van der Waals surface area contributed by atoms with Gasteiger partial charge in [-0.2, -0.15) is 0 Å². The molecule has 0 amide bonds. The van der Waals surface area contributed by atoms with Crippen molar-refractivity contribution in [2.45, 2.75) is 52.5 Å². The van der Waals surface area contributed by atoms with Gasteiger partial charge in [0.05, 0.1) is 10.0 Å². The summed E-state index contributed by atoms with van der Waals surface area (Å²) < 4.78 is 0. The zero-order chi connectivity index (χ0) is 15.6. The quantitative estimate of drug-likeness (QED) is 0.706. The Balaban J connectivity index is 2.07. The topological polar surface area (TPSA) is 12.0 Å². The van der Waals surface area contributed by atoms with Crippen molar-refractivity contribution in [1.82, 2.24) is 5.32 Å². The molecule has 2 rings (SSSR count). The summed E-state index contributed by atoms with van der Waals surface area (Å²) in [4.78, 5) is 0. The molecule has 1 fully saturated rings. The lowest BCUT2D eigenvalue weighted by atomic mass is 9.68. The first-order valence-electron chi connectivity index (χ1n) is 7.95. The van der Waals surface area contributed by atoms with Crippen molar-refractivity contribution in [2.24, 2.45) is 17.3 Å². The monoisotopic (exact) mass is 327 g/mol. The van der Waals surface area contributed by atoms with Gasteiger partial charge >= 0.3 is 0 Å². The van der Waals surface area contributed by atoms with Crippen LogP contribution in [0.5, 0.6) is 0 Å². The van der Waals surface area contributed by atoms with Crippen molar-refractivity contribution in [2.75, 3.05) is 7.05 Å². The summed E-state index contributed by atoms with van der Waals surface area (Å²) in [5.41, 5.74) is 1.69. The number of halogens is 2. The van der Waals surface area contributed by atoms with Crippen molar-refractivity contribution in [1.29, 1.82) is 0 Å². The van der Waals surface area contributed by atoms with E-state index in [2.05, 4.69) is 32.2 Å². The van der Waals surface area contributed by atoms with Gasteiger partial charge in [-0.15, -0.1) is 0 Å². The zero-order valence-corrected chi connectivity index (χ0v) is 15.1. The summed E-state index contributed by atoms with van der Waals surface area (Å²) in [6.07, 6.45) is 5.22. The highest BCUT2D eigenvalue weighted by Crippen LogP contribution is 2.43. The average molecular weight is 328 g/mol. The maximum absolute atomic E-state index is 6.18. The first-order valence-corrected chi connectivity index (χ1v) is 8.70. The number of nitrogens with one attached hydrogen (secondary N) is 1. The van der Waals surface area contributed by atoms with Crippen molar-refractivity contribution >= 4 is 23.2 Å². The molecule has 1 nitrogen and oxygen atoms in total. The molecule has 0 radical (unpaired) electrons. The van der Waals surface area contributed by atoms with Gasteiger partial charge in [0.25, 0.3) is 0 Å². The van der Waals surface area contributed by atoms with Crippen LogP contribution in [-0.4, -0.2) is 7.05 Å². The Labute approximate surface area is 139 Å². The molecule has 118 valence electrons. The minimum absolute atomic E-state index is 0.376. The Morgan fingerprint density at radius 2 is 1.67 bits per heavy atom. The van der Waals surface area contributed by atoms with Gasteiger partial charge in [0, 0.05) is 6.04 Å². The molecule has 1 saturated carbocycles. The fourth-order valence-corrected chi connectivity index (χ4v) is 4.01. The van der Waals surface area contributed by atoms with Gasteiger partial charge in [0.2, 0.25) is 0 Å². The summed E-state index contributed by atoms with van der Waals surface area (Å²) in [7, 11) is 2.04. The van der Waals surface area contributed by atoms with E-state index < -0.39 is 0 Å². The molecule has 0 heterocycles. The van der Waals surface area contributed by atoms with Gasteiger partial charge in [-0.05, 0) is 67.7 Å². The van der Waals surface area contributed by atoms with Crippen molar-refractivity contribution in [3.63, 3.8) is 0 Å². The molecule has 1 aromatic carbocycles. The molecular weight excluding hydrogens is 301 g/mol. The predicted molar refractivity (Wildman–Crippen MR) is 93.2 cm³/mol. The molecule has 0 aromatic heterocycles. The fraction of sp³-hybridized carbons (Fsp3) is 0.667. The van der Waals surface area contributed by atoms with E-state index in [1.165, 1.54) is 31.2 Å². The average Bonchev–Trinajstić information content (AvgIpc) is 2.43. The minimum atomic E-state index is 0.376. The Morgan fingerprint density at radius 3 is 2.14 bits per heavy atom. The van der Waals surface area contributed by atoms with E-state index in [4.69, 9.17) is 23.2 Å².